The van der Waals surface area contributed by atoms with Crippen molar-refractivity contribution >= 4 is 0 Å². The summed E-state index contributed by atoms with van der Waals surface area (Å²) in [5.74, 6) is 0. The van der Waals surface area contributed by atoms with Crippen LogP contribution < -0.4 is 5.32 Å². The van der Waals surface area contributed by atoms with Crippen LogP contribution in [0.3, 0.4) is 0 Å². The largest absolute Gasteiger partial charge is 0.386 e. The molecule has 0 aromatic heterocycles. The lowest BCUT2D eigenvalue weighted by atomic mass is 9.91. The van der Waals surface area contributed by atoms with E-state index in [0.717, 1.165) is 13.0 Å². The molecular formula is C12H22N2O2. The molecule has 0 spiro atoms. The molecule has 1 heterocycles. The Morgan fingerprint density at radius 1 is 1.62 bits per heavy atom. The van der Waals surface area contributed by atoms with Crippen LogP contribution in [0.15, 0.2) is 0 Å². The molecule has 4 nitrogen and oxygen atoms in total. The van der Waals surface area contributed by atoms with E-state index in [-0.39, 0.29) is 11.5 Å². The standard InChI is InChI=1S/C12H22N2O2/c1-10-12(15,5-7-16-10)9-14-6-4-11(2,3)8-13/h10,14-15H,4-7,9H2,1-3H3. The molecule has 1 saturated heterocycles. The monoisotopic (exact) mass is 226 g/mol. The van der Waals surface area contributed by atoms with Gasteiger partial charge in [0.05, 0.1) is 17.6 Å². The van der Waals surface area contributed by atoms with Gasteiger partial charge in [0.25, 0.3) is 0 Å². The first kappa shape index (κ1) is 13.4. The molecule has 0 aromatic carbocycles. The second kappa shape index (κ2) is 5.13. The zero-order valence-electron chi connectivity index (χ0n) is 10.4. The van der Waals surface area contributed by atoms with Crippen molar-refractivity contribution in [2.24, 2.45) is 5.41 Å². The van der Waals surface area contributed by atoms with Crippen molar-refractivity contribution in [1.29, 1.82) is 5.26 Å². The maximum absolute atomic E-state index is 10.2. The van der Waals surface area contributed by atoms with Crippen molar-refractivity contribution in [3.8, 4) is 6.07 Å². The van der Waals surface area contributed by atoms with Gasteiger partial charge in [0.1, 0.15) is 5.60 Å². The molecule has 1 aliphatic rings. The second-order valence-electron chi connectivity index (χ2n) is 5.29. The molecule has 2 unspecified atom stereocenters. The van der Waals surface area contributed by atoms with E-state index >= 15 is 0 Å². The third-order valence-electron chi connectivity index (χ3n) is 3.32. The van der Waals surface area contributed by atoms with Gasteiger partial charge in [-0.05, 0) is 33.7 Å². The molecule has 92 valence electrons. The Kier molecular flexibility index (Phi) is 4.31. The lowest BCUT2D eigenvalue weighted by Crippen LogP contribution is -2.46. The van der Waals surface area contributed by atoms with Gasteiger partial charge < -0.3 is 15.2 Å². The Balaban J connectivity index is 2.24. The first-order valence-corrected chi connectivity index (χ1v) is 5.86. The van der Waals surface area contributed by atoms with Crippen molar-refractivity contribution in [3.05, 3.63) is 0 Å². The van der Waals surface area contributed by atoms with Crippen LogP contribution in [-0.2, 0) is 4.74 Å². The van der Waals surface area contributed by atoms with Crippen LogP contribution in [0.5, 0.6) is 0 Å². The molecule has 0 radical (unpaired) electrons. The van der Waals surface area contributed by atoms with E-state index in [4.69, 9.17) is 10.00 Å². The van der Waals surface area contributed by atoms with E-state index in [0.29, 0.717) is 19.6 Å². The zero-order valence-corrected chi connectivity index (χ0v) is 10.4. The molecule has 0 bridgehead atoms. The highest BCUT2D eigenvalue weighted by molar-refractivity contribution is 4.94. The van der Waals surface area contributed by atoms with Crippen LogP contribution in [0, 0.1) is 16.7 Å². The first-order valence-electron chi connectivity index (χ1n) is 5.86. The van der Waals surface area contributed by atoms with E-state index in [2.05, 4.69) is 11.4 Å². The number of nitrogens with one attached hydrogen (secondary N) is 1. The van der Waals surface area contributed by atoms with Gasteiger partial charge >= 0.3 is 0 Å². The average Bonchev–Trinajstić information content (AvgIpc) is 2.55. The molecule has 1 fully saturated rings. The number of hydrogen-bond acceptors (Lipinski definition) is 4. The predicted molar refractivity (Wildman–Crippen MR) is 61.9 cm³/mol. The number of nitriles is 1. The summed E-state index contributed by atoms with van der Waals surface area (Å²) in [6.07, 6.45) is 1.36. The van der Waals surface area contributed by atoms with Gasteiger partial charge in [0.15, 0.2) is 0 Å². The normalized spacial score (nSPS) is 30.3. The summed E-state index contributed by atoms with van der Waals surface area (Å²) < 4.78 is 5.35. The van der Waals surface area contributed by atoms with Crippen LogP contribution in [0.1, 0.15) is 33.6 Å². The molecule has 0 aliphatic carbocycles. The quantitative estimate of drug-likeness (QED) is 0.688. The molecule has 2 N–H and O–H groups in total. The fourth-order valence-corrected chi connectivity index (χ4v) is 1.76. The molecule has 0 saturated carbocycles. The molecule has 0 amide bonds. The fourth-order valence-electron chi connectivity index (χ4n) is 1.76. The Labute approximate surface area is 97.6 Å². The molecule has 16 heavy (non-hydrogen) atoms. The molecule has 4 heteroatoms. The van der Waals surface area contributed by atoms with Crippen molar-refractivity contribution in [2.75, 3.05) is 19.7 Å². The van der Waals surface area contributed by atoms with Gasteiger partial charge in [-0.3, -0.25) is 0 Å². The predicted octanol–water partition coefficient (Wildman–Crippen LogP) is 1.06. The zero-order chi connectivity index (χ0) is 12.2. The third-order valence-corrected chi connectivity index (χ3v) is 3.32. The summed E-state index contributed by atoms with van der Waals surface area (Å²) in [6.45, 7) is 7.65. The van der Waals surface area contributed by atoms with Crippen LogP contribution >= 0.6 is 0 Å². The second-order valence-corrected chi connectivity index (χ2v) is 5.29. The smallest absolute Gasteiger partial charge is 0.105 e. The number of nitrogens with zero attached hydrogens (tertiary/aromatic N) is 1. The number of hydrogen-bond donors (Lipinski definition) is 2. The summed E-state index contributed by atoms with van der Waals surface area (Å²) in [7, 11) is 0. The van der Waals surface area contributed by atoms with Crippen molar-refractivity contribution in [1.82, 2.24) is 5.32 Å². The van der Waals surface area contributed by atoms with Crippen molar-refractivity contribution < 1.29 is 9.84 Å². The summed E-state index contributed by atoms with van der Waals surface area (Å²) in [4.78, 5) is 0. The van der Waals surface area contributed by atoms with E-state index < -0.39 is 5.60 Å². The van der Waals surface area contributed by atoms with Gasteiger partial charge in [0, 0.05) is 19.6 Å². The summed E-state index contributed by atoms with van der Waals surface area (Å²) >= 11 is 0. The van der Waals surface area contributed by atoms with Crippen LogP contribution in [0.2, 0.25) is 0 Å². The molecular weight excluding hydrogens is 204 g/mol. The molecule has 0 aromatic rings. The minimum atomic E-state index is -0.739. The Hall–Kier alpha value is -0.630. The van der Waals surface area contributed by atoms with Crippen LogP contribution in [0.4, 0.5) is 0 Å². The van der Waals surface area contributed by atoms with Gasteiger partial charge in [-0.2, -0.15) is 5.26 Å². The Morgan fingerprint density at radius 3 is 2.81 bits per heavy atom. The Morgan fingerprint density at radius 2 is 2.31 bits per heavy atom. The lowest BCUT2D eigenvalue weighted by molar-refractivity contribution is -0.0261. The maximum Gasteiger partial charge on any atom is 0.105 e. The van der Waals surface area contributed by atoms with Gasteiger partial charge in [-0.15, -0.1) is 0 Å². The fraction of sp³-hybridized carbons (Fsp3) is 0.917. The van der Waals surface area contributed by atoms with Gasteiger partial charge in [-0.25, -0.2) is 0 Å². The number of aliphatic hydroxyl groups is 1. The number of rotatable bonds is 5. The van der Waals surface area contributed by atoms with E-state index in [9.17, 15) is 5.11 Å². The van der Waals surface area contributed by atoms with Crippen LogP contribution in [-0.4, -0.2) is 36.5 Å². The van der Waals surface area contributed by atoms with E-state index in [1.807, 2.05) is 20.8 Å². The highest BCUT2D eigenvalue weighted by Crippen LogP contribution is 2.25. The van der Waals surface area contributed by atoms with Crippen molar-refractivity contribution in [2.45, 2.75) is 45.3 Å². The third kappa shape index (κ3) is 3.44. The van der Waals surface area contributed by atoms with E-state index in [1.54, 1.807) is 0 Å². The number of ether oxygens (including phenoxy) is 1. The first-order chi connectivity index (χ1) is 7.40. The summed E-state index contributed by atoms with van der Waals surface area (Å²) in [5, 5.41) is 22.3. The Bertz CT molecular complexity index is 273. The summed E-state index contributed by atoms with van der Waals surface area (Å²) in [5.41, 5.74) is -1.04. The van der Waals surface area contributed by atoms with Gasteiger partial charge in [0.2, 0.25) is 0 Å². The highest BCUT2D eigenvalue weighted by atomic mass is 16.5. The van der Waals surface area contributed by atoms with Gasteiger partial charge in [-0.1, -0.05) is 0 Å². The van der Waals surface area contributed by atoms with Crippen LogP contribution in [0.25, 0.3) is 0 Å². The molecule has 1 rings (SSSR count). The van der Waals surface area contributed by atoms with Crippen molar-refractivity contribution in [3.63, 3.8) is 0 Å². The SMILES string of the molecule is CC1OCCC1(O)CNCCC(C)(C)C#N. The highest BCUT2D eigenvalue weighted by Gasteiger charge is 2.38. The molecule has 1 aliphatic heterocycles. The summed E-state index contributed by atoms with van der Waals surface area (Å²) in [6, 6.07) is 2.26. The van der Waals surface area contributed by atoms with E-state index in [1.165, 1.54) is 0 Å². The topological polar surface area (TPSA) is 65.3 Å². The minimum Gasteiger partial charge on any atom is -0.386 e. The average molecular weight is 226 g/mol. The molecule has 2 atom stereocenters. The lowest BCUT2D eigenvalue weighted by Gasteiger charge is -2.27. The maximum atomic E-state index is 10.2. The minimum absolute atomic E-state index is 0.107.